The maximum Gasteiger partial charge on any atom is 0.264 e. The Bertz CT molecular complexity index is 1230. The third-order valence-electron chi connectivity index (χ3n) is 8.07. The van der Waals surface area contributed by atoms with Gasteiger partial charge in [-0.25, -0.2) is 13.4 Å². The van der Waals surface area contributed by atoms with E-state index < -0.39 is 16.0 Å². The summed E-state index contributed by atoms with van der Waals surface area (Å²) >= 11 is 13.0. The molecular formula is C23H25Cl2FN4O2S. The Balaban J connectivity index is 1.20. The van der Waals surface area contributed by atoms with E-state index in [1.165, 1.54) is 57.0 Å². The van der Waals surface area contributed by atoms with Crippen LogP contribution in [0.25, 0.3) is 0 Å². The van der Waals surface area contributed by atoms with Gasteiger partial charge in [0.1, 0.15) is 10.7 Å². The van der Waals surface area contributed by atoms with Crippen LogP contribution in [0.15, 0.2) is 35.2 Å². The zero-order valence-electron chi connectivity index (χ0n) is 18.0. The molecule has 1 aromatic heterocycles. The molecule has 176 valence electrons. The Morgan fingerprint density at radius 1 is 1.06 bits per heavy atom. The molecular weight excluding hydrogens is 486 g/mol. The van der Waals surface area contributed by atoms with Gasteiger partial charge in [0.2, 0.25) is 5.95 Å². The molecule has 2 saturated carbocycles. The number of nitrogens with one attached hydrogen (secondary N) is 1. The molecule has 6 rings (SSSR count). The van der Waals surface area contributed by atoms with Crippen molar-refractivity contribution in [2.45, 2.75) is 43.0 Å². The fourth-order valence-corrected chi connectivity index (χ4v) is 7.88. The Morgan fingerprint density at radius 3 is 2.52 bits per heavy atom. The first-order chi connectivity index (χ1) is 15.7. The summed E-state index contributed by atoms with van der Waals surface area (Å²) in [7, 11) is -4.08. The lowest BCUT2D eigenvalue weighted by molar-refractivity contribution is -0.0772. The number of hydrogen-bond donors (Lipinski definition) is 1. The van der Waals surface area contributed by atoms with Crippen LogP contribution in [0.4, 0.5) is 15.9 Å². The van der Waals surface area contributed by atoms with Crippen molar-refractivity contribution < 1.29 is 12.8 Å². The molecule has 6 nitrogen and oxygen atoms in total. The molecule has 4 fully saturated rings. The Kier molecular flexibility index (Phi) is 4.94. The molecule has 1 aromatic carbocycles. The number of nitrogens with zero attached hydrogens (tertiary/aromatic N) is 3. The third-order valence-corrected chi connectivity index (χ3v) is 10.2. The standard InChI is InChI=1S/C23H25Cl2FN4O2S/c24-15-11-18(33(31,32)28-21-3-1-2-20(26)27-21)16(25)10-17(15)29-9-8-23(14-29)5-4-19(23)30-12-22(13-30)6-7-22/h1-3,10-11,19H,4-9,12-14H2,(H,27,28)/t19-,23-/m0/s1. The van der Waals surface area contributed by atoms with Crippen molar-refractivity contribution in [3.63, 3.8) is 0 Å². The molecule has 0 bridgehead atoms. The predicted molar refractivity (Wildman–Crippen MR) is 127 cm³/mol. The van der Waals surface area contributed by atoms with Gasteiger partial charge >= 0.3 is 0 Å². The smallest absolute Gasteiger partial charge is 0.264 e. The summed E-state index contributed by atoms with van der Waals surface area (Å²) in [6.45, 7) is 4.30. The van der Waals surface area contributed by atoms with Crippen LogP contribution in [-0.2, 0) is 10.0 Å². The van der Waals surface area contributed by atoms with Gasteiger partial charge in [-0.15, -0.1) is 0 Å². The molecule has 2 saturated heterocycles. The van der Waals surface area contributed by atoms with Gasteiger partial charge in [-0.1, -0.05) is 29.3 Å². The van der Waals surface area contributed by atoms with E-state index >= 15 is 0 Å². The van der Waals surface area contributed by atoms with Crippen molar-refractivity contribution in [1.29, 1.82) is 0 Å². The van der Waals surface area contributed by atoms with Gasteiger partial charge in [-0.2, -0.15) is 4.39 Å². The number of likely N-dealkylation sites (tertiary alicyclic amines) is 1. The molecule has 4 aliphatic rings. The maximum atomic E-state index is 13.4. The van der Waals surface area contributed by atoms with Gasteiger partial charge in [0.05, 0.1) is 15.7 Å². The largest absolute Gasteiger partial charge is 0.370 e. The summed E-state index contributed by atoms with van der Waals surface area (Å²) in [4.78, 5) is 8.31. The molecule has 2 atom stereocenters. The van der Waals surface area contributed by atoms with Gasteiger partial charge in [0.25, 0.3) is 10.0 Å². The Hall–Kier alpha value is -1.61. The summed E-state index contributed by atoms with van der Waals surface area (Å²) in [5, 5.41) is 0.406. The number of halogens is 3. The molecule has 1 N–H and O–H groups in total. The Morgan fingerprint density at radius 2 is 1.85 bits per heavy atom. The molecule has 2 spiro atoms. The lowest BCUT2D eigenvalue weighted by Gasteiger charge is -2.58. The van der Waals surface area contributed by atoms with Crippen LogP contribution in [0, 0.1) is 16.8 Å². The van der Waals surface area contributed by atoms with E-state index in [2.05, 4.69) is 19.5 Å². The topological polar surface area (TPSA) is 65.5 Å². The van der Waals surface area contributed by atoms with E-state index in [9.17, 15) is 12.8 Å². The van der Waals surface area contributed by atoms with Gasteiger partial charge < -0.3 is 4.90 Å². The van der Waals surface area contributed by atoms with Crippen LogP contribution < -0.4 is 9.62 Å². The van der Waals surface area contributed by atoms with Gasteiger partial charge in [-0.3, -0.25) is 9.62 Å². The first-order valence-electron chi connectivity index (χ1n) is 11.3. The minimum Gasteiger partial charge on any atom is -0.370 e. The highest BCUT2D eigenvalue weighted by atomic mass is 35.5. The summed E-state index contributed by atoms with van der Waals surface area (Å²) in [5.41, 5.74) is 1.71. The average Bonchev–Trinajstić information content (AvgIpc) is 3.37. The van der Waals surface area contributed by atoms with E-state index in [0.29, 0.717) is 21.9 Å². The lowest BCUT2D eigenvalue weighted by Crippen LogP contribution is -2.64. The van der Waals surface area contributed by atoms with Crippen molar-refractivity contribution in [3.05, 3.63) is 46.3 Å². The highest BCUT2D eigenvalue weighted by Gasteiger charge is 2.60. The normalized spacial score (nSPS) is 28.1. The van der Waals surface area contributed by atoms with Crippen molar-refractivity contribution in [2.75, 3.05) is 35.8 Å². The summed E-state index contributed by atoms with van der Waals surface area (Å²) in [6.07, 6.45) is 6.38. The number of aromatic nitrogens is 1. The van der Waals surface area contributed by atoms with Crippen LogP contribution in [0.5, 0.6) is 0 Å². The van der Waals surface area contributed by atoms with Crippen LogP contribution in [0.1, 0.15) is 32.1 Å². The zero-order chi connectivity index (χ0) is 23.0. The fraction of sp³-hybridized carbons (Fsp3) is 0.522. The number of sulfonamides is 1. The summed E-state index contributed by atoms with van der Waals surface area (Å²) in [5.74, 6) is -0.903. The number of anilines is 2. The van der Waals surface area contributed by atoms with Crippen molar-refractivity contribution >= 4 is 44.7 Å². The van der Waals surface area contributed by atoms with Crippen LogP contribution in [0.3, 0.4) is 0 Å². The van der Waals surface area contributed by atoms with Crippen LogP contribution in [-0.4, -0.2) is 50.5 Å². The second kappa shape index (κ2) is 7.44. The molecule has 2 aliphatic carbocycles. The van der Waals surface area contributed by atoms with E-state index in [4.69, 9.17) is 23.2 Å². The van der Waals surface area contributed by atoms with Crippen molar-refractivity contribution in [1.82, 2.24) is 9.88 Å². The SMILES string of the molecule is O=S(=O)(Nc1cccc(F)n1)c1cc(Cl)c(N2CC[C@@]3(CC[C@@H]3N3CC4(CC4)C3)C2)cc1Cl. The molecule has 2 aromatic rings. The van der Waals surface area contributed by atoms with E-state index in [1.807, 2.05) is 0 Å². The molecule has 0 unspecified atom stereocenters. The molecule has 0 radical (unpaired) electrons. The quantitative estimate of drug-likeness (QED) is 0.586. The molecule has 33 heavy (non-hydrogen) atoms. The fourth-order valence-electron chi connectivity index (χ4n) is 5.98. The first kappa shape index (κ1) is 21.9. The second-order valence-electron chi connectivity index (χ2n) is 10.2. The lowest BCUT2D eigenvalue weighted by atomic mass is 9.62. The highest BCUT2D eigenvalue weighted by molar-refractivity contribution is 7.92. The number of rotatable bonds is 5. The summed E-state index contributed by atoms with van der Waals surface area (Å²) in [6, 6.07) is 7.53. The van der Waals surface area contributed by atoms with Gasteiger partial charge in [-0.05, 0) is 61.8 Å². The predicted octanol–water partition coefficient (Wildman–Crippen LogP) is 4.78. The third kappa shape index (κ3) is 3.70. The van der Waals surface area contributed by atoms with Crippen LogP contribution >= 0.6 is 23.2 Å². The minimum atomic E-state index is -4.08. The monoisotopic (exact) mass is 510 g/mol. The number of benzene rings is 1. The van der Waals surface area contributed by atoms with Crippen LogP contribution in [0.2, 0.25) is 10.0 Å². The highest BCUT2D eigenvalue weighted by Crippen LogP contribution is 2.59. The zero-order valence-corrected chi connectivity index (χ0v) is 20.4. The average molecular weight is 511 g/mol. The summed E-state index contributed by atoms with van der Waals surface area (Å²) < 4.78 is 41.3. The van der Waals surface area contributed by atoms with E-state index in [1.54, 1.807) is 6.07 Å². The van der Waals surface area contributed by atoms with Crippen molar-refractivity contribution in [2.24, 2.45) is 10.8 Å². The molecule has 10 heteroatoms. The van der Waals surface area contributed by atoms with Gasteiger partial charge in [0, 0.05) is 37.6 Å². The maximum absolute atomic E-state index is 13.4. The Labute approximate surface area is 203 Å². The molecule has 0 amide bonds. The second-order valence-corrected chi connectivity index (χ2v) is 12.6. The van der Waals surface area contributed by atoms with E-state index in [-0.39, 0.29) is 15.7 Å². The van der Waals surface area contributed by atoms with E-state index in [0.717, 1.165) is 31.3 Å². The number of hydrogen-bond acceptors (Lipinski definition) is 5. The first-order valence-corrected chi connectivity index (χ1v) is 13.6. The van der Waals surface area contributed by atoms with Gasteiger partial charge in [0.15, 0.2) is 0 Å². The van der Waals surface area contributed by atoms with Crippen molar-refractivity contribution in [3.8, 4) is 0 Å². The molecule has 2 aliphatic heterocycles. The molecule has 3 heterocycles. The number of pyridine rings is 1. The minimum absolute atomic E-state index is 0.0721.